The third-order valence-electron chi connectivity index (χ3n) is 2.85. The Kier molecular flexibility index (Phi) is 9.35. The first-order chi connectivity index (χ1) is 7.42. The molecule has 0 radical (unpaired) electrons. The number of hydrogen-bond donors (Lipinski definition) is 1. The van der Waals surface area contributed by atoms with Crippen molar-refractivity contribution in [2.75, 3.05) is 12.8 Å². The van der Waals surface area contributed by atoms with Gasteiger partial charge >= 0.3 is 0 Å². The third-order valence-corrected chi connectivity index (χ3v) is 4.00. The molecule has 1 unspecified atom stereocenters. The summed E-state index contributed by atoms with van der Waals surface area (Å²) in [5.74, 6) is 0.836. The summed E-state index contributed by atoms with van der Waals surface area (Å²) in [7, 11) is -2.74. The summed E-state index contributed by atoms with van der Waals surface area (Å²) in [5, 5.41) is 0. The normalized spacial score (nSPS) is 15.3. The number of hydrogen-bond acceptors (Lipinski definition) is 1. The van der Waals surface area contributed by atoms with Gasteiger partial charge in [-0.1, -0.05) is 58.8 Å². The smallest absolute Gasteiger partial charge is 0.197 e. The lowest BCUT2D eigenvalue weighted by molar-refractivity contribution is 0.479. The molecular formula is C13H29O2P. The van der Waals surface area contributed by atoms with Crippen molar-refractivity contribution in [3.8, 4) is 0 Å². The predicted molar refractivity (Wildman–Crippen MR) is 72.4 cm³/mol. The third kappa shape index (κ3) is 14.2. The fourth-order valence-corrected chi connectivity index (χ4v) is 2.65. The molecule has 16 heavy (non-hydrogen) atoms. The van der Waals surface area contributed by atoms with E-state index in [0.29, 0.717) is 6.16 Å². The molecule has 0 spiro atoms. The molecule has 2 nitrogen and oxygen atoms in total. The fourth-order valence-electron chi connectivity index (χ4n) is 1.84. The Hall–Kier alpha value is 0.190. The maximum absolute atomic E-state index is 11.0. The van der Waals surface area contributed by atoms with E-state index in [2.05, 4.69) is 13.8 Å². The van der Waals surface area contributed by atoms with Crippen molar-refractivity contribution >= 4 is 7.37 Å². The lowest BCUT2D eigenvalue weighted by Crippen LogP contribution is -1.89. The highest BCUT2D eigenvalue weighted by atomic mass is 31.2. The summed E-state index contributed by atoms with van der Waals surface area (Å²) in [6.45, 7) is 6.01. The van der Waals surface area contributed by atoms with Gasteiger partial charge in [0.25, 0.3) is 0 Å². The van der Waals surface area contributed by atoms with Crippen LogP contribution in [0.25, 0.3) is 0 Å². The molecule has 1 N–H and O–H groups in total. The van der Waals surface area contributed by atoms with E-state index in [-0.39, 0.29) is 0 Å². The average molecular weight is 248 g/mol. The topological polar surface area (TPSA) is 37.3 Å². The summed E-state index contributed by atoms with van der Waals surface area (Å²) < 4.78 is 11.0. The van der Waals surface area contributed by atoms with Crippen LogP contribution in [-0.2, 0) is 4.57 Å². The summed E-state index contributed by atoms with van der Waals surface area (Å²) in [4.78, 5) is 9.10. The van der Waals surface area contributed by atoms with E-state index in [0.717, 1.165) is 18.8 Å². The summed E-state index contributed by atoms with van der Waals surface area (Å²) in [5.41, 5.74) is 0. The maximum atomic E-state index is 11.0. The molecule has 0 aromatic rings. The minimum Gasteiger partial charge on any atom is -0.344 e. The maximum Gasteiger partial charge on any atom is 0.197 e. The first kappa shape index (κ1) is 16.2. The molecule has 3 heteroatoms. The van der Waals surface area contributed by atoms with Crippen molar-refractivity contribution in [3.63, 3.8) is 0 Å². The molecule has 0 heterocycles. The summed E-state index contributed by atoms with van der Waals surface area (Å²) in [6, 6.07) is 0. The minimum atomic E-state index is -2.74. The molecular weight excluding hydrogens is 219 g/mol. The largest absolute Gasteiger partial charge is 0.344 e. The van der Waals surface area contributed by atoms with Gasteiger partial charge < -0.3 is 4.89 Å². The highest BCUT2D eigenvalue weighted by molar-refractivity contribution is 7.57. The second kappa shape index (κ2) is 9.24. The summed E-state index contributed by atoms with van der Waals surface area (Å²) >= 11 is 0. The first-order valence-corrected chi connectivity index (χ1v) is 9.00. The SMILES string of the molecule is CC(C)CCCCCCCCCP(C)(=O)O. The van der Waals surface area contributed by atoms with Gasteiger partial charge in [-0.2, -0.15) is 0 Å². The lowest BCUT2D eigenvalue weighted by atomic mass is 10.0. The molecule has 0 aliphatic heterocycles. The van der Waals surface area contributed by atoms with Crippen LogP contribution in [0.3, 0.4) is 0 Å². The van der Waals surface area contributed by atoms with E-state index in [1.54, 1.807) is 0 Å². The van der Waals surface area contributed by atoms with E-state index < -0.39 is 7.37 Å². The van der Waals surface area contributed by atoms with Gasteiger partial charge in [0.15, 0.2) is 7.37 Å². The monoisotopic (exact) mass is 248 g/mol. The van der Waals surface area contributed by atoms with E-state index >= 15 is 0 Å². The molecule has 1 atom stereocenters. The first-order valence-electron chi connectivity index (χ1n) is 6.71. The highest BCUT2D eigenvalue weighted by Gasteiger charge is 2.07. The minimum absolute atomic E-state index is 0.500. The van der Waals surface area contributed by atoms with Gasteiger partial charge in [-0.25, -0.2) is 0 Å². The van der Waals surface area contributed by atoms with Crippen LogP contribution >= 0.6 is 7.37 Å². The summed E-state index contributed by atoms with van der Waals surface area (Å²) in [6.07, 6.45) is 10.4. The van der Waals surface area contributed by atoms with Crippen LogP contribution in [0.5, 0.6) is 0 Å². The molecule has 98 valence electrons. The van der Waals surface area contributed by atoms with Crippen molar-refractivity contribution in [1.29, 1.82) is 0 Å². The van der Waals surface area contributed by atoms with Gasteiger partial charge in [-0.15, -0.1) is 0 Å². The standard InChI is InChI=1S/C13H29O2P/c1-13(2)11-9-7-5-4-6-8-10-12-16(3,14)15/h13H,4-12H2,1-3H3,(H,14,15). The van der Waals surface area contributed by atoms with Crippen LogP contribution in [0.1, 0.15) is 65.2 Å². The zero-order chi connectivity index (χ0) is 12.4. The Morgan fingerprint density at radius 2 is 1.38 bits per heavy atom. The van der Waals surface area contributed by atoms with Gasteiger partial charge in [-0.3, -0.25) is 4.57 Å². The van der Waals surface area contributed by atoms with Crippen molar-refractivity contribution in [2.24, 2.45) is 5.92 Å². The van der Waals surface area contributed by atoms with Crippen LogP contribution in [0.2, 0.25) is 0 Å². The van der Waals surface area contributed by atoms with Gasteiger partial charge in [-0.05, 0) is 12.3 Å². The number of unbranched alkanes of at least 4 members (excludes halogenated alkanes) is 6. The van der Waals surface area contributed by atoms with Crippen molar-refractivity contribution in [1.82, 2.24) is 0 Å². The lowest BCUT2D eigenvalue weighted by Gasteiger charge is -2.05. The molecule has 0 aromatic heterocycles. The molecule has 0 fully saturated rings. The van der Waals surface area contributed by atoms with Crippen LogP contribution < -0.4 is 0 Å². The zero-order valence-corrected chi connectivity index (χ0v) is 12.1. The van der Waals surface area contributed by atoms with Crippen molar-refractivity contribution in [3.05, 3.63) is 0 Å². The van der Waals surface area contributed by atoms with Crippen molar-refractivity contribution < 1.29 is 9.46 Å². The predicted octanol–water partition coefficient (Wildman–Crippen LogP) is 4.66. The Labute approximate surface area is 101 Å². The average Bonchev–Trinajstić information content (AvgIpc) is 2.13. The Morgan fingerprint density at radius 1 is 0.938 bits per heavy atom. The molecule has 0 aromatic carbocycles. The highest BCUT2D eigenvalue weighted by Crippen LogP contribution is 2.36. The van der Waals surface area contributed by atoms with Crippen molar-refractivity contribution in [2.45, 2.75) is 65.2 Å². The van der Waals surface area contributed by atoms with Crippen LogP contribution in [0.4, 0.5) is 0 Å². The van der Waals surface area contributed by atoms with E-state index in [1.807, 2.05) is 0 Å². The van der Waals surface area contributed by atoms with Gasteiger partial charge in [0.2, 0.25) is 0 Å². The van der Waals surface area contributed by atoms with E-state index in [4.69, 9.17) is 4.89 Å². The second-order valence-corrected chi connectivity index (χ2v) is 7.98. The van der Waals surface area contributed by atoms with Gasteiger partial charge in [0.1, 0.15) is 0 Å². The molecule has 0 aliphatic carbocycles. The Morgan fingerprint density at radius 3 is 1.81 bits per heavy atom. The van der Waals surface area contributed by atoms with Crippen LogP contribution in [-0.4, -0.2) is 17.7 Å². The van der Waals surface area contributed by atoms with Gasteiger partial charge in [0.05, 0.1) is 0 Å². The van der Waals surface area contributed by atoms with E-state index in [1.165, 1.54) is 45.2 Å². The van der Waals surface area contributed by atoms with E-state index in [9.17, 15) is 4.57 Å². The molecule has 0 amide bonds. The molecule has 0 saturated heterocycles. The number of rotatable bonds is 10. The zero-order valence-electron chi connectivity index (χ0n) is 11.2. The molecule has 0 aliphatic rings. The Balaban J connectivity index is 3.08. The van der Waals surface area contributed by atoms with Gasteiger partial charge in [0, 0.05) is 12.8 Å². The molecule has 0 bridgehead atoms. The van der Waals surface area contributed by atoms with Crippen LogP contribution in [0, 0.1) is 5.92 Å². The molecule has 0 saturated carbocycles. The Bertz CT molecular complexity index is 196. The second-order valence-electron chi connectivity index (χ2n) is 5.43. The quantitative estimate of drug-likeness (QED) is 0.451. The molecule has 0 rings (SSSR count). The fraction of sp³-hybridized carbons (Fsp3) is 1.00. The van der Waals surface area contributed by atoms with Crippen LogP contribution in [0.15, 0.2) is 0 Å².